The van der Waals surface area contributed by atoms with Crippen molar-refractivity contribution in [2.45, 2.75) is 5.54 Å². The highest BCUT2D eigenvalue weighted by Crippen LogP contribution is 2.15. The fraction of sp³-hybridized carbons (Fsp3) is 0.571. The van der Waals surface area contributed by atoms with E-state index >= 15 is 0 Å². The van der Waals surface area contributed by atoms with E-state index in [1.165, 1.54) is 0 Å². The molecule has 14 nitrogen and oxygen atoms in total. The van der Waals surface area contributed by atoms with Crippen LogP contribution in [0.15, 0.2) is 0 Å². The van der Waals surface area contributed by atoms with Crippen molar-refractivity contribution in [2.24, 2.45) is 11.5 Å². The van der Waals surface area contributed by atoms with Gasteiger partial charge < -0.3 is 42.8 Å². The van der Waals surface area contributed by atoms with Crippen LogP contribution in [0.2, 0.25) is 0 Å². The van der Waals surface area contributed by atoms with Gasteiger partial charge in [-0.05, 0) is 0 Å². The maximum atomic E-state index is 11.7. The van der Waals surface area contributed by atoms with Crippen LogP contribution in [-0.4, -0.2) is 86.9 Å². The number of hydrogen-bond acceptors (Lipinski definition) is 8. The van der Waals surface area contributed by atoms with E-state index in [1.807, 2.05) is 0 Å². The molecule has 1 heterocycles. The van der Waals surface area contributed by atoms with Crippen LogP contribution in [0.1, 0.15) is 0 Å². The van der Waals surface area contributed by atoms with Crippen molar-refractivity contribution in [2.75, 3.05) is 45.9 Å². The van der Waals surface area contributed by atoms with E-state index in [-0.39, 0.29) is 26.3 Å². The normalized spacial score (nSPS) is 14.0. The molecule has 0 radical (unpaired) electrons. The van der Waals surface area contributed by atoms with Gasteiger partial charge in [0.15, 0.2) is 5.54 Å². The molecule has 0 bridgehead atoms. The number of ether oxygens (including phenoxy) is 1. The average Bonchev–Trinajstić information content (AvgIpc) is 2.63. The minimum atomic E-state index is -1.27. The molecule has 1 saturated heterocycles. The quantitative estimate of drug-likeness (QED) is 0.176. The van der Waals surface area contributed by atoms with E-state index in [0.717, 1.165) is 0 Å². The third-order valence-electron chi connectivity index (χ3n) is 3.52. The van der Waals surface area contributed by atoms with Crippen molar-refractivity contribution >= 4 is 35.4 Å². The number of amides is 6. The fourth-order valence-electron chi connectivity index (χ4n) is 1.87. The smallest absolute Gasteiger partial charge is 0.248 e. The molecule has 1 fully saturated rings. The molecule has 0 aliphatic carbocycles. The van der Waals surface area contributed by atoms with E-state index in [4.69, 9.17) is 16.2 Å². The van der Waals surface area contributed by atoms with Gasteiger partial charge in [0.25, 0.3) is 0 Å². The van der Waals surface area contributed by atoms with Crippen molar-refractivity contribution in [1.29, 1.82) is 0 Å². The molecular weight excluding hydrogens is 378 g/mol. The fourth-order valence-corrected chi connectivity index (χ4v) is 1.87. The van der Waals surface area contributed by atoms with Crippen LogP contribution in [0, 0.1) is 0 Å². The third kappa shape index (κ3) is 7.55. The predicted octanol–water partition coefficient (Wildman–Crippen LogP) is -6.22. The summed E-state index contributed by atoms with van der Waals surface area (Å²) in [4.78, 5) is 68.4. The Bertz CT molecular complexity index is 648. The number of carbonyl (C=O) groups excluding carboxylic acids is 6. The molecule has 0 atom stereocenters. The first kappa shape index (κ1) is 22.8. The average molecular weight is 401 g/mol. The molecule has 0 aromatic carbocycles. The maximum Gasteiger partial charge on any atom is 0.248 e. The SMILES string of the molecule is NCC(=O)NCC(=O)NCC(=O)NCC(=O)NCC(=O)NC1(C(N)=O)COC1. The molecule has 1 aliphatic heterocycles. The van der Waals surface area contributed by atoms with Crippen LogP contribution >= 0.6 is 0 Å². The lowest BCUT2D eigenvalue weighted by Crippen LogP contribution is -2.70. The second-order valence-corrected chi connectivity index (χ2v) is 5.80. The van der Waals surface area contributed by atoms with E-state index in [2.05, 4.69) is 26.6 Å². The van der Waals surface area contributed by atoms with Gasteiger partial charge in [0.1, 0.15) is 0 Å². The first-order valence-corrected chi connectivity index (χ1v) is 8.14. The Kier molecular flexibility index (Phi) is 8.77. The summed E-state index contributed by atoms with van der Waals surface area (Å²) in [5.74, 6) is -3.84. The molecule has 0 saturated carbocycles. The molecule has 0 spiro atoms. The van der Waals surface area contributed by atoms with Gasteiger partial charge in [-0.25, -0.2) is 0 Å². The molecule has 28 heavy (non-hydrogen) atoms. The summed E-state index contributed by atoms with van der Waals surface area (Å²) in [5.41, 5.74) is 8.97. The summed E-state index contributed by atoms with van der Waals surface area (Å²) in [6, 6.07) is 0. The van der Waals surface area contributed by atoms with Gasteiger partial charge in [-0.3, -0.25) is 28.8 Å². The van der Waals surface area contributed by atoms with Gasteiger partial charge in [-0.15, -0.1) is 0 Å². The van der Waals surface area contributed by atoms with E-state index in [1.54, 1.807) is 0 Å². The van der Waals surface area contributed by atoms with Crippen LogP contribution in [0.4, 0.5) is 0 Å². The molecular formula is C14H23N7O7. The number of nitrogens with two attached hydrogens (primary N) is 2. The zero-order valence-corrected chi connectivity index (χ0v) is 15.0. The van der Waals surface area contributed by atoms with Crippen LogP contribution in [0.3, 0.4) is 0 Å². The Morgan fingerprint density at radius 2 is 1.11 bits per heavy atom. The Morgan fingerprint density at radius 1 is 0.714 bits per heavy atom. The zero-order chi connectivity index (χ0) is 21.2. The minimum Gasteiger partial charge on any atom is -0.375 e. The summed E-state index contributed by atoms with van der Waals surface area (Å²) in [7, 11) is 0. The second kappa shape index (κ2) is 10.8. The van der Waals surface area contributed by atoms with Crippen molar-refractivity contribution in [3.05, 3.63) is 0 Å². The molecule has 0 aromatic rings. The number of hydrogen-bond donors (Lipinski definition) is 7. The molecule has 0 aromatic heterocycles. The Balaban J connectivity index is 2.17. The van der Waals surface area contributed by atoms with Crippen LogP contribution in [0.25, 0.3) is 0 Å². The summed E-state index contributed by atoms with van der Waals surface area (Å²) >= 11 is 0. The zero-order valence-electron chi connectivity index (χ0n) is 15.0. The highest BCUT2D eigenvalue weighted by atomic mass is 16.5. The Labute approximate surface area is 159 Å². The van der Waals surface area contributed by atoms with Gasteiger partial charge in [0.05, 0.1) is 45.9 Å². The third-order valence-corrected chi connectivity index (χ3v) is 3.52. The lowest BCUT2D eigenvalue weighted by Gasteiger charge is -2.38. The lowest BCUT2D eigenvalue weighted by atomic mass is 9.96. The molecule has 156 valence electrons. The second-order valence-electron chi connectivity index (χ2n) is 5.80. The van der Waals surface area contributed by atoms with Crippen molar-refractivity contribution in [1.82, 2.24) is 26.6 Å². The highest BCUT2D eigenvalue weighted by molar-refractivity contribution is 5.94. The predicted molar refractivity (Wildman–Crippen MR) is 92.0 cm³/mol. The molecule has 6 amide bonds. The molecule has 1 aliphatic rings. The van der Waals surface area contributed by atoms with Gasteiger partial charge in [0, 0.05) is 0 Å². The lowest BCUT2D eigenvalue weighted by molar-refractivity contribution is -0.151. The van der Waals surface area contributed by atoms with Crippen LogP contribution in [-0.2, 0) is 33.5 Å². The first-order chi connectivity index (χ1) is 13.2. The van der Waals surface area contributed by atoms with E-state index in [0.29, 0.717) is 0 Å². The summed E-state index contributed by atoms with van der Waals surface area (Å²) in [6.45, 7) is -1.96. The van der Waals surface area contributed by atoms with Gasteiger partial charge in [0.2, 0.25) is 35.4 Å². The molecule has 9 N–H and O–H groups in total. The van der Waals surface area contributed by atoms with Crippen LogP contribution < -0.4 is 38.1 Å². The van der Waals surface area contributed by atoms with Crippen LogP contribution in [0.5, 0.6) is 0 Å². The van der Waals surface area contributed by atoms with E-state index < -0.39 is 60.6 Å². The Hall–Kier alpha value is -3.26. The van der Waals surface area contributed by atoms with Gasteiger partial charge >= 0.3 is 0 Å². The number of nitrogens with one attached hydrogen (secondary N) is 5. The largest absolute Gasteiger partial charge is 0.375 e. The van der Waals surface area contributed by atoms with Crippen molar-refractivity contribution in [3.8, 4) is 0 Å². The molecule has 0 unspecified atom stereocenters. The summed E-state index contributed by atoms with van der Waals surface area (Å²) in [5, 5.41) is 11.3. The number of primary amides is 1. The van der Waals surface area contributed by atoms with E-state index in [9.17, 15) is 28.8 Å². The maximum absolute atomic E-state index is 11.7. The molecule has 1 rings (SSSR count). The number of rotatable bonds is 11. The van der Waals surface area contributed by atoms with Crippen molar-refractivity contribution in [3.63, 3.8) is 0 Å². The standard InChI is InChI=1S/C14H23N7O7/c15-1-8(22)17-2-9(23)18-3-10(24)19-4-11(25)20-5-12(26)21-14(13(16)27)6-28-7-14/h1-7,15H2,(H2,16,27)(H,17,22)(H,18,23)(H,19,24)(H,20,25)(H,21,26). The minimum absolute atomic E-state index is 0.0420. The summed E-state index contributed by atoms with van der Waals surface area (Å²) in [6.07, 6.45) is 0. The monoisotopic (exact) mass is 401 g/mol. The van der Waals surface area contributed by atoms with Crippen molar-refractivity contribution < 1.29 is 33.5 Å². The topological polar surface area (TPSA) is 224 Å². The highest BCUT2D eigenvalue weighted by Gasteiger charge is 2.45. The number of carbonyl (C=O) groups is 6. The Morgan fingerprint density at radius 3 is 1.43 bits per heavy atom. The summed E-state index contributed by atoms with van der Waals surface area (Å²) < 4.78 is 4.86. The van der Waals surface area contributed by atoms with Gasteiger partial charge in [-0.2, -0.15) is 0 Å². The first-order valence-electron chi connectivity index (χ1n) is 8.14. The molecule has 14 heteroatoms. The van der Waals surface area contributed by atoms with Gasteiger partial charge in [-0.1, -0.05) is 0 Å².